The number of aliphatic hydroxyl groups excluding tert-OH is 1. The van der Waals surface area contributed by atoms with Crippen LogP contribution in [0.4, 0.5) is 5.69 Å². The fourth-order valence-electron chi connectivity index (χ4n) is 0.858. The second-order valence-electron chi connectivity index (χ2n) is 2.60. The van der Waals surface area contributed by atoms with Gasteiger partial charge in [0.25, 0.3) is 0 Å². The largest absolute Gasteiger partial charge is 0.479 e. The topological polar surface area (TPSA) is 69.6 Å². The molecule has 0 spiro atoms. The molecule has 0 amide bonds. The molecule has 0 radical (unpaired) electrons. The number of hydrogen-bond donors (Lipinski definition) is 3. The number of carbonyl (C=O) groups is 1. The molecular formula is C9H11NO3. The number of aliphatic hydroxyl groups is 1. The van der Waals surface area contributed by atoms with E-state index in [9.17, 15) is 4.79 Å². The van der Waals surface area contributed by atoms with Gasteiger partial charge in [-0.2, -0.15) is 0 Å². The Balaban J connectivity index is 2.39. The lowest BCUT2D eigenvalue weighted by molar-refractivity contribution is -0.145. The molecule has 4 heteroatoms. The Morgan fingerprint density at radius 1 is 1.38 bits per heavy atom. The van der Waals surface area contributed by atoms with Crippen molar-refractivity contribution in [2.45, 2.75) is 6.10 Å². The monoisotopic (exact) mass is 181 g/mol. The van der Waals surface area contributed by atoms with E-state index in [2.05, 4.69) is 5.32 Å². The summed E-state index contributed by atoms with van der Waals surface area (Å²) in [5.74, 6) is -1.22. The predicted molar refractivity (Wildman–Crippen MR) is 48.6 cm³/mol. The van der Waals surface area contributed by atoms with E-state index < -0.39 is 12.1 Å². The third-order valence-corrected chi connectivity index (χ3v) is 1.56. The molecule has 0 saturated heterocycles. The third kappa shape index (κ3) is 3.13. The Labute approximate surface area is 75.8 Å². The smallest absolute Gasteiger partial charge is 0.334 e. The molecule has 0 fully saturated rings. The molecule has 0 aliphatic carbocycles. The lowest BCUT2D eigenvalue weighted by Crippen LogP contribution is -2.28. The Hall–Kier alpha value is -1.55. The number of rotatable bonds is 4. The highest BCUT2D eigenvalue weighted by Crippen LogP contribution is 2.04. The normalized spacial score (nSPS) is 12.1. The summed E-state index contributed by atoms with van der Waals surface area (Å²) in [5.41, 5.74) is 0.794. The van der Waals surface area contributed by atoms with Crippen molar-refractivity contribution >= 4 is 11.7 Å². The van der Waals surface area contributed by atoms with Crippen molar-refractivity contribution in [2.24, 2.45) is 0 Å². The van der Waals surface area contributed by atoms with Crippen LogP contribution in [0.5, 0.6) is 0 Å². The van der Waals surface area contributed by atoms with Crippen molar-refractivity contribution in [3.05, 3.63) is 30.3 Å². The van der Waals surface area contributed by atoms with Crippen LogP contribution in [0.1, 0.15) is 0 Å². The molecule has 3 N–H and O–H groups in total. The van der Waals surface area contributed by atoms with Crippen LogP contribution in [-0.2, 0) is 4.79 Å². The fraction of sp³-hybridized carbons (Fsp3) is 0.222. The van der Waals surface area contributed by atoms with Crippen molar-refractivity contribution in [3.63, 3.8) is 0 Å². The van der Waals surface area contributed by atoms with Gasteiger partial charge in [-0.25, -0.2) is 4.79 Å². The lowest BCUT2D eigenvalue weighted by atomic mass is 10.3. The highest BCUT2D eigenvalue weighted by Gasteiger charge is 2.11. The van der Waals surface area contributed by atoms with Gasteiger partial charge in [-0.3, -0.25) is 0 Å². The SMILES string of the molecule is O=C(O)[C@@H](O)CNc1ccccc1. The Bertz CT molecular complexity index is 273. The van der Waals surface area contributed by atoms with Gasteiger partial charge in [-0.1, -0.05) is 18.2 Å². The van der Waals surface area contributed by atoms with Gasteiger partial charge in [0, 0.05) is 5.69 Å². The summed E-state index contributed by atoms with van der Waals surface area (Å²) in [4.78, 5) is 10.2. The van der Waals surface area contributed by atoms with Crippen LogP contribution < -0.4 is 5.32 Å². The molecule has 0 aromatic heterocycles. The molecule has 0 aliphatic rings. The first kappa shape index (κ1) is 9.54. The Kier molecular flexibility index (Phi) is 3.28. The maximum absolute atomic E-state index is 10.2. The quantitative estimate of drug-likeness (QED) is 0.634. The molecule has 0 aliphatic heterocycles. The van der Waals surface area contributed by atoms with Gasteiger partial charge in [0.2, 0.25) is 0 Å². The number of nitrogens with one attached hydrogen (secondary N) is 1. The average molecular weight is 181 g/mol. The minimum absolute atomic E-state index is 0.0132. The van der Waals surface area contributed by atoms with E-state index in [0.717, 1.165) is 5.69 Å². The summed E-state index contributed by atoms with van der Waals surface area (Å²) >= 11 is 0. The summed E-state index contributed by atoms with van der Waals surface area (Å²) < 4.78 is 0. The first-order chi connectivity index (χ1) is 6.20. The van der Waals surface area contributed by atoms with Crippen LogP contribution in [0, 0.1) is 0 Å². The van der Waals surface area contributed by atoms with Crippen LogP contribution in [0.3, 0.4) is 0 Å². The van der Waals surface area contributed by atoms with Gasteiger partial charge in [-0.15, -0.1) is 0 Å². The summed E-state index contributed by atoms with van der Waals surface area (Å²) in [6.45, 7) is 0.0132. The first-order valence-electron chi connectivity index (χ1n) is 3.90. The zero-order valence-corrected chi connectivity index (χ0v) is 6.97. The summed E-state index contributed by atoms with van der Waals surface area (Å²) in [5, 5.41) is 20.1. The maximum atomic E-state index is 10.2. The third-order valence-electron chi connectivity index (χ3n) is 1.56. The number of carboxylic acid groups (broad SMARTS) is 1. The van der Waals surface area contributed by atoms with E-state index in [4.69, 9.17) is 10.2 Å². The van der Waals surface area contributed by atoms with E-state index in [1.807, 2.05) is 18.2 Å². The van der Waals surface area contributed by atoms with Crippen molar-refractivity contribution < 1.29 is 15.0 Å². The second-order valence-corrected chi connectivity index (χ2v) is 2.60. The Morgan fingerprint density at radius 3 is 2.54 bits per heavy atom. The first-order valence-corrected chi connectivity index (χ1v) is 3.90. The van der Waals surface area contributed by atoms with E-state index in [1.165, 1.54) is 0 Å². The molecule has 0 heterocycles. The molecule has 4 nitrogen and oxygen atoms in total. The molecule has 70 valence electrons. The molecule has 0 saturated carbocycles. The minimum Gasteiger partial charge on any atom is -0.479 e. The van der Waals surface area contributed by atoms with Crippen molar-refractivity contribution in [1.29, 1.82) is 0 Å². The molecule has 1 aromatic carbocycles. The summed E-state index contributed by atoms with van der Waals surface area (Å²) in [6.07, 6.45) is -1.36. The molecule has 1 aromatic rings. The fourth-order valence-corrected chi connectivity index (χ4v) is 0.858. The molecule has 0 unspecified atom stereocenters. The number of carboxylic acids is 1. The van der Waals surface area contributed by atoms with Gasteiger partial charge in [0.05, 0.1) is 6.54 Å². The minimum atomic E-state index is -1.36. The van der Waals surface area contributed by atoms with E-state index in [-0.39, 0.29) is 6.54 Å². The molecule has 1 atom stereocenters. The van der Waals surface area contributed by atoms with Gasteiger partial charge in [0.15, 0.2) is 6.10 Å². The Morgan fingerprint density at radius 2 is 2.00 bits per heavy atom. The summed E-state index contributed by atoms with van der Waals surface area (Å²) in [7, 11) is 0. The van der Waals surface area contributed by atoms with Crippen LogP contribution in [0.2, 0.25) is 0 Å². The van der Waals surface area contributed by atoms with Crippen LogP contribution in [-0.4, -0.2) is 28.8 Å². The summed E-state index contributed by atoms with van der Waals surface area (Å²) in [6, 6.07) is 9.12. The van der Waals surface area contributed by atoms with Crippen LogP contribution >= 0.6 is 0 Å². The van der Waals surface area contributed by atoms with Crippen molar-refractivity contribution in [3.8, 4) is 0 Å². The van der Waals surface area contributed by atoms with E-state index >= 15 is 0 Å². The van der Waals surface area contributed by atoms with Crippen molar-refractivity contribution in [2.75, 3.05) is 11.9 Å². The zero-order valence-electron chi connectivity index (χ0n) is 6.97. The molecular weight excluding hydrogens is 170 g/mol. The van der Waals surface area contributed by atoms with Gasteiger partial charge >= 0.3 is 5.97 Å². The standard InChI is InChI=1S/C9H11NO3/c11-8(9(12)13)6-10-7-4-2-1-3-5-7/h1-5,8,10-11H,6H2,(H,12,13)/t8-/m0/s1. The van der Waals surface area contributed by atoms with Gasteiger partial charge in [-0.05, 0) is 12.1 Å². The molecule has 0 bridgehead atoms. The lowest BCUT2D eigenvalue weighted by Gasteiger charge is -2.08. The molecule has 13 heavy (non-hydrogen) atoms. The number of hydrogen-bond acceptors (Lipinski definition) is 3. The van der Waals surface area contributed by atoms with Crippen molar-refractivity contribution in [1.82, 2.24) is 0 Å². The maximum Gasteiger partial charge on any atom is 0.334 e. The van der Waals surface area contributed by atoms with E-state index in [1.54, 1.807) is 12.1 Å². The van der Waals surface area contributed by atoms with E-state index in [0.29, 0.717) is 0 Å². The second kappa shape index (κ2) is 4.47. The highest BCUT2D eigenvalue weighted by molar-refractivity contribution is 5.72. The number of aliphatic carboxylic acids is 1. The average Bonchev–Trinajstić information content (AvgIpc) is 2.15. The van der Waals surface area contributed by atoms with Crippen LogP contribution in [0.15, 0.2) is 30.3 Å². The number of para-hydroxylation sites is 1. The van der Waals surface area contributed by atoms with Gasteiger partial charge < -0.3 is 15.5 Å². The highest BCUT2D eigenvalue weighted by atomic mass is 16.4. The number of benzene rings is 1. The predicted octanol–water partition coefficient (Wildman–Crippen LogP) is 0.544. The zero-order chi connectivity index (χ0) is 9.68. The number of anilines is 1. The van der Waals surface area contributed by atoms with Crippen LogP contribution in [0.25, 0.3) is 0 Å². The molecule has 1 rings (SSSR count). The van der Waals surface area contributed by atoms with Gasteiger partial charge in [0.1, 0.15) is 0 Å².